The third-order valence-corrected chi connectivity index (χ3v) is 7.28. The Morgan fingerprint density at radius 1 is 0.775 bits per heavy atom. The molecule has 0 atom stereocenters. The molecule has 0 aliphatic heterocycles. The summed E-state index contributed by atoms with van der Waals surface area (Å²) in [6, 6.07) is 13.7. The van der Waals surface area contributed by atoms with Gasteiger partial charge in [0.2, 0.25) is 11.6 Å². The molecule has 1 aliphatic carbocycles. The number of allylic oxidation sites excluding steroid dienone is 6. The minimum absolute atomic E-state index is 0.00811. The first kappa shape index (κ1) is 27.0. The second-order valence-corrected chi connectivity index (χ2v) is 10.5. The molecular formula is C34H34N2O4. The first-order valence-electron chi connectivity index (χ1n) is 13.4. The van der Waals surface area contributed by atoms with E-state index in [2.05, 4.69) is 42.0 Å². The Bertz CT molecular complexity index is 1780. The second-order valence-electron chi connectivity index (χ2n) is 10.5. The van der Waals surface area contributed by atoms with E-state index in [0.29, 0.717) is 17.5 Å². The number of para-hydroxylation sites is 2. The lowest BCUT2D eigenvalue weighted by Crippen LogP contribution is -2.25. The number of methoxy groups -OCH3 is 2. The van der Waals surface area contributed by atoms with Gasteiger partial charge >= 0.3 is 0 Å². The highest BCUT2D eigenvalue weighted by molar-refractivity contribution is 6.48. The van der Waals surface area contributed by atoms with Crippen LogP contribution >= 0.6 is 0 Å². The SMILES string of the molecule is COC1=C(c2c[nH]c3ccccc23)C(=O)C(OC)=C(c2c(CC=C(C)C)[nH]c3c(CC=C(C)C)cccc23)C1=O. The predicted molar refractivity (Wildman–Crippen MR) is 161 cm³/mol. The quantitative estimate of drug-likeness (QED) is 0.184. The molecule has 0 saturated carbocycles. The van der Waals surface area contributed by atoms with E-state index in [9.17, 15) is 9.59 Å². The normalized spacial score (nSPS) is 13.8. The van der Waals surface area contributed by atoms with E-state index in [-0.39, 0.29) is 34.2 Å². The van der Waals surface area contributed by atoms with Crippen molar-refractivity contribution in [1.82, 2.24) is 9.97 Å². The number of hydrogen-bond acceptors (Lipinski definition) is 4. The van der Waals surface area contributed by atoms with Crippen molar-refractivity contribution in [3.63, 3.8) is 0 Å². The van der Waals surface area contributed by atoms with Crippen LogP contribution in [-0.2, 0) is 31.9 Å². The summed E-state index contributed by atoms with van der Waals surface area (Å²) in [4.78, 5) is 35.3. The smallest absolute Gasteiger partial charge is 0.232 e. The molecular weight excluding hydrogens is 500 g/mol. The lowest BCUT2D eigenvalue weighted by molar-refractivity contribution is -0.117. The van der Waals surface area contributed by atoms with Gasteiger partial charge in [0.1, 0.15) is 0 Å². The minimum atomic E-state index is -0.387. The van der Waals surface area contributed by atoms with E-state index < -0.39 is 0 Å². The molecule has 0 amide bonds. The largest absolute Gasteiger partial charge is 0.492 e. The van der Waals surface area contributed by atoms with Gasteiger partial charge < -0.3 is 19.4 Å². The number of ketones is 2. The molecule has 0 radical (unpaired) electrons. The van der Waals surface area contributed by atoms with Crippen LogP contribution < -0.4 is 0 Å². The molecule has 0 unspecified atom stereocenters. The Balaban J connectivity index is 1.77. The summed E-state index contributed by atoms with van der Waals surface area (Å²) in [7, 11) is 2.87. The van der Waals surface area contributed by atoms with Crippen molar-refractivity contribution in [2.75, 3.05) is 14.2 Å². The average molecular weight is 535 g/mol. The summed E-state index contributed by atoms with van der Waals surface area (Å²) in [5, 5.41) is 1.70. The summed E-state index contributed by atoms with van der Waals surface area (Å²) < 4.78 is 11.4. The lowest BCUT2D eigenvalue weighted by Gasteiger charge is -2.22. The van der Waals surface area contributed by atoms with Crippen molar-refractivity contribution < 1.29 is 19.1 Å². The standard InChI is InChI=1S/C34H34N2O4/c1-19(2)14-16-21-10-9-12-23-27(26(36-30(21)23)17-15-20(3)4)29-32(38)33(39-5)28(31(37)34(29)40-6)24-18-35-25-13-8-7-11-22(24)25/h7-15,18,35-36H,16-17H2,1-6H3. The number of carbonyl (C=O) groups excluding carboxylic acids is 2. The summed E-state index contributed by atoms with van der Waals surface area (Å²) in [5.74, 6) is -0.746. The Hall–Kier alpha value is -4.58. The average Bonchev–Trinajstić information content (AvgIpc) is 3.53. The molecule has 0 saturated heterocycles. The fourth-order valence-corrected chi connectivity index (χ4v) is 5.36. The van der Waals surface area contributed by atoms with Gasteiger partial charge in [0.05, 0.1) is 25.4 Å². The molecule has 4 aromatic rings. The number of hydrogen-bond donors (Lipinski definition) is 2. The van der Waals surface area contributed by atoms with Gasteiger partial charge in [-0.2, -0.15) is 0 Å². The summed E-state index contributed by atoms with van der Waals surface area (Å²) >= 11 is 0. The van der Waals surface area contributed by atoms with E-state index in [1.54, 1.807) is 6.20 Å². The summed E-state index contributed by atoms with van der Waals surface area (Å²) in [5.41, 5.74) is 7.83. The third-order valence-electron chi connectivity index (χ3n) is 7.28. The predicted octanol–water partition coefficient (Wildman–Crippen LogP) is 7.23. The van der Waals surface area contributed by atoms with Gasteiger partial charge in [0.25, 0.3) is 0 Å². The number of aromatic nitrogens is 2. The van der Waals surface area contributed by atoms with Crippen molar-refractivity contribution in [2.45, 2.75) is 40.5 Å². The molecule has 0 bridgehead atoms. The molecule has 40 heavy (non-hydrogen) atoms. The Kier molecular flexibility index (Phi) is 7.35. The van der Waals surface area contributed by atoms with Crippen LogP contribution in [0, 0.1) is 0 Å². The summed E-state index contributed by atoms with van der Waals surface area (Å²) in [6.45, 7) is 8.23. The van der Waals surface area contributed by atoms with Gasteiger partial charge in [-0.15, -0.1) is 0 Å². The molecule has 6 heteroatoms. The van der Waals surface area contributed by atoms with Crippen LogP contribution in [-0.4, -0.2) is 35.8 Å². The lowest BCUT2D eigenvalue weighted by atomic mass is 9.84. The number of ether oxygens (including phenoxy) is 2. The van der Waals surface area contributed by atoms with Crippen molar-refractivity contribution in [2.24, 2.45) is 0 Å². The van der Waals surface area contributed by atoms with Gasteiger partial charge in [0, 0.05) is 51.2 Å². The molecule has 204 valence electrons. The second kappa shape index (κ2) is 10.9. The highest BCUT2D eigenvalue weighted by atomic mass is 16.5. The van der Waals surface area contributed by atoms with Crippen LogP contribution in [0.4, 0.5) is 0 Å². The van der Waals surface area contributed by atoms with Gasteiger partial charge in [-0.3, -0.25) is 9.59 Å². The van der Waals surface area contributed by atoms with E-state index in [4.69, 9.17) is 9.47 Å². The maximum absolute atomic E-state index is 14.3. The molecule has 0 fully saturated rings. The maximum atomic E-state index is 14.3. The minimum Gasteiger partial charge on any atom is -0.492 e. The molecule has 2 heterocycles. The number of Topliss-reactive ketones (excluding diaryl/α,β-unsaturated/α-hetero) is 2. The van der Waals surface area contributed by atoms with Crippen molar-refractivity contribution in [3.05, 3.63) is 106 Å². The summed E-state index contributed by atoms with van der Waals surface area (Å²) in [6.07, 6.45) is 7.34. The van der Waals surface area contributed by atoms with Crippen LogP contribution in [0.5, 0.6) is 0 Å². The number of rotatable bonds is 8. The van der Waals surface area contributed by atoms with Gasteiger partial charge in [0.15, 0.2) is 11.5 Å². The Morgan fingerprint density at radius 2 is 1.40 bits per heavy atom. The Labute approximate surface area is 234 Å². The molecule has 2 aromatic carbocycles. The third kappa shape index (κ3) is 4.60. The van der Waals surface area contributed by atoms with E-state index >= 15 is 0 Å². The molecule has 2 N–H and O–H groups in total. The van der Waals surface area contributed by atoms with Crippen LogP contribution in [0.1, 0.15) is 50.1 Å². The molecule has 5 rings (SSSR count). The monoisotopic (exact) mass is 534 g/mol. The number of carbonyl (C=O) groups is 2. The highest BCUT2D eigenvalue weighted by Crippen LogP contribution is 2.42. The van der Waals surface area contributed by atoms with E-state index in [0.717, 1.165) is 45.1 Å². The van der Waals surface area contributed by atoms with Crippen LogP contribution in [0.2, 0.25) is 0 Å². The first-order chi connectivity index (χ1) is 19.3. The van der Waals surface area contributed by atoms with Crippen molar-refractivity contribution in [3.8, 4) is 0 Å². The zero-order valence-corrected chi connectivity index (χ0v) is 23.8. The number of nitrogens with one attached hydrogen (secondary N) is 2. The van der Waals surface area contributed by atoms with Gasteiger partial charge in [-0.25, -0.2) is 0 Å². The Morgan fingerprint density at radius 3 is 2.10 bits per heavy atom. The van der Waals surface area contributed by atoms with Crippen LogP contribution in [0.3, 0.4) is 0 Å². The topological polar surface area (TPSA) is 84.2 Å². The number of benzene rings is 2. The van der Waals surface area contributed by atoms with Crippen molar-refractivity contribution >= 4 is 44.5 Å². The number of fused-ring (bicyclic) bond motifs is 2. The molecule has 2 aromatic heterocycles. The number of H-pyrrole nitrogens is 2. The maximum Gasteiger partial charge on any atom is 0.232 e. The van der Waals surface area contributed by atoms with E-state index in [1.807, 2.05) is 50.2 Å². The first-order valence-corrected chi connectivity index (χ1v) is 13.4. The van der Waals surface area contributed by atoms with Gasteiger partial charge in [-0.1, -0.05) is 59.7 Å². The number of aromatic amines is 2. The fourth-order valence-electron chi connectivity index (χ4n) is 5.36. The van der Waals surface area contributed by atoms with Crippen molar-refractivity contribution in [1.29, 1.82) is 0 Å². The molecule has 6 nitrogen and oxygen atoms in total. The van der Waals surface area contributed by atoms with Crippen LogP contribution in [0.15, 0.2) is 83.5 Å². The zero-order chi connectivity index (χ0) is 28.6. The van der Waals surface area contributed by atoms with E-state index in [1.165, 1.54) is 19.8 Å². The molecule has 0 spiro atoms. The fraction of sp³-hybridized carbons (Fsp3) is 0.235. The highest BCUT2D eigenvalue weighted by Gasteiger charge is 2.40. The van der Waals surface area contributed by atoms with Gasteiger partial charge in [-0.05, 0) is 45.7 Å². The van der Waals surface area contributed by atoms with Crippen LogP contribution in [0.25, 0.3) is 33.0 Å². The molecule has 1 aliphatic rings. The zero-order valence-electron chi connectivity index (χ0n) is 23.8.